The lowest BCUT2D eigenvalue weighted by atomic mass is 9.92. The molecule has 1 aromatic carbocycles. The van der Waals surface area contributed by atoms with E-state index >= 15 is 0 Å². The average molecular weight is 387 g/mol. The predicted molar refractivity (Wildman–Crippen MR) is 82.6 cm³/mol. The first kappa shape index (κ1) is 16.9. The number of aliphatic carboxylic acids is 1. The van der Waals surface area contributed by atoms with E-state index in [-0.39, 0.29) is 17.0 Å². The zero-order chi connectivity index (χ0) is 16.5. The van der Waals surface area contributed by atoms with E-state index in [1.807, 2.05) is 6.07 Å². The largest absolute Gasteiger partial charge is 0.481 e. The van der Waals surface area contributed by atoms with E-state index in [2.05, 4.69) is 15.9 Å². The number of carboxylic acid groups (broad SMARTS) is 1. The van der Waals surface area contributed by atoms with Crippen LogP contribution in [0.3, 0.4) is 0 Å². The van der Waals surface area contributed by atoms with E-state index in [9.17, 15) is 18.3 Å². The number of sulfonamides is 1. The van der Waals surface area contributed by atoms with E-state index in [1.54, 1.807) is 13.0 Å². The van der Waals surface area contributed by atoms with Gasteiger partial charge in [-0.15, -0.1) is 0 Å². The molecule has 2 rings (SSSR count). The van der Waals surface area contributed by atoms with Crippen molar-refractivity contribution >= 4 is 31.9 Å². The van der Waals surface area contributed by atoms with Crippen LogP contribution < -0.4 is 0 Å². The van der Waals surface area contributed by atoms with Crippen molar-refractivity contribution in [2.75, 3.05) is 6.54 Å². The third-order valence-corrected chi connectivity index (χ3v) is 6.42. The molecule has 0 unspecified atom stereocenters. The van der Waals surface area contributed by atoms with Crippen LogP contribution in [-0.4, -0.2) is 36.4 Å². The number of carbonyl (C=O) groups is 1. The Bertz CT molecular complexity index is 742. The van der Waals surface area contributed by atoms with Crippen molar-refractivity contribution in [2.24, 2.45) is 5.92 Å². The average Bonchev–Trinajstić information content (AvgIpc) is 2.46. The zero-order valence-corrected chi connectivity index (χ0v) is 14.3. The van der Waals surface area contributed by atoms with Crippen molar-refractivity contribution in [3.8, 4) is 6.07 Å². The van der Waals surface area contributed by atoms with Crippen molar-refractivity contribution in [2.45, 2.75) is 30.7 Å². The minimum atomic E-state index is -3.93. The minimum Gasteiger partial charge on any atom is -0.481 e. The van der Waals surface area contributed by atoms with Gasteiger partial charge < -0.3 is 5.11 Å². The second-order valence-electron chi connectivity index (χ2n) is 5.20. The van der Waals surface area contributed by atoms with Gasteiger partial charge in [0.05, 0.1) is 11.5 Å². The molecule has 118 valence electrons. The van der Waals surface area contributed by atoms with Crippen molar-refractivity contribution < 1.29 is 18.3 Å². The Morgan fingerprint density at radius 3 is 2.77 bits per heavy atom. The lowest BCUT2D eigenvalue weighted by Crippen LogP contribution is -2.49. The number of halogens is 1. The highest BCUT2D eigenvalue weighted by Gasteiger charge is 2.40. The van der Waals surface area contributed by atoms with Crippen molar-refractivity contribution in [3.63, 3.8) is 0 Å². The summed E-state index contributed by atoms with van der Waals surface area (Å²) < 4.78 is 27.5. The third-order valence-electron chi connectivity index (χ3n) is 3.90. The number of rotatable bonds is 3. The van der Waals surface area contributed by atoms with Crippen molar-refractivity contribution in [1.82, 2.24) is 4.31 Å². The fourth-order valence-electron chi connectivity index (χ4n) is 2.71. The number of benzene rings is 1. The second-order valence-corrected chi connectivity index (χ2v) is 7.97. The first-order valence-electron chi connectivity index (χ1n) is 6.73. The standard InChI is InChI=1S/C14H15BrN2O4S/c1-9-12(14(18)19)3-2-6-17(9)22(20,21)13-7-11(15)5-4-10(13)8-16/h4-5,7,9,12H,2-3,6H2,1H3,(H,18,19)/t9-,12-/m1/s1. The van der Waals surface area contributed by atoms with Crippen LogP contribution >= 0.6 is 15.9 Å². The molecule has 1 saturated heterocycles. The maximum Gasteiger partial charge on any atom is 0.308 e. The monoisotopic (exact) mass is 386 g/mol. The lowest BCUT2D eigenvalue weighted by Gasteiger charge is -2.36. The van der Waals surface area contributed by atoms with Gasteiger partial charge in [-0.2, -0.15) is 9.57 Å². The summed E-state index contributed by atoms with van der Waals surface area (Å²) in [6.45, 7) is 1.85. The molecule has 0 radical (unpaired) electrons. The molecule has 0 amide bonds. The van der Waals surface area contributed by atoms with Gasteiger partial charge in [-0.1, -0.05) is 15.9 Å². The fraction of sp³-hybridized carbons (Fsp3) is 0.429. The number of hydrogen-bond acceptors (Lipinski definition) is 4. The van der Waals surface area contributed by atoms with Gasteiger partial charge in [0.15, 0.2) is 0 Å². The number of nitriles is 1. The van der Waals surface area contributed by atoms with Gasteiger partial charge in [-0.05, 0) is 38.0 Å². The maximum absolute atomic E-state index is 12.9. The van der Waals surface area contributed by atoms with E-state index in [0.717, 1.165) is 0 Å². The van der Waals surface area contributed by atoms with Gasteiger partial charge in [-0.3, -0.25) is 4.79 Å². The van der Waals surface area contributed by atoms with Crippen LogP contribution in [0.4, 0.5) is 0 Å². The molecule has 1 aliphatic rings. The van der Waals surface area contributed by atoms with Gasteiger partial charge in [-0.25, -0.2) is 8.42 Å². The van der Waals surface area contributed by atoms with Crippen LogP contribution in [0.15, 0.2) is 27.6 Å². The van der Waals surface area contributed by atoms with Crippen LogP contribution in [0.1, 0.15) is 25.3 Å². The summed E-state index contributed by atoms with van der Waals surface area (Å²) in [4.78, 5) is 11.2. The van der Waals surface area contributed by atoms with E-state index in [1.165, 1.54) is 16.4 Å². The molecule has 22 heavy (non-hydrogen) atoms. The molecule has 0 aromatic heterocycles. The molecular formula is C14H15BrN2O4S. The Kier molecular flexibility index (Phi) is 4.90. The molecule has 8 heteroatoms. The molecule has 2 atom stereocenters. The Morgan fingerprint density at radius 2 is 2.18 bits per heavy atom. The third kappa shape index (κ3) is 3.02. The summed E-state index contributed by atoms with van der Waals surface area (Å²) in [5.41, 5.74) is 0.0489. The van der Waals surface area contributed by atoms with Gasteiger partial charge >= 0.3 is 5.97 Å². The molecule has 0 bridgehead atoms. The molecule has 6 nitrogen and oxygen atoms in total. The van der Waals surface area contributed by atoms with E-state index < -0.39 is 28.0 Å². The molecule has 1 fully saturated rings. The Labute approximate surface area is 137 Å². The molecular weight excluding hydrogens is 372 g/mol. The van der Waals surface area contributed by atoms with Crippen LogP contribution in [0, 0.1) is 17.2 Å². The summed E-state index contributed by atoms with van der Waals surface area (Å²) in [6, 6.07) is 5.63. The summed E-state index contributed by atoms with van der Waals surface area (Å²) in [6.07, 6.45) is 0.933. The topological polar surface area (TPSA) is 98.5 Å². The smallest absolute Gasteiger partial charge is 0.308 e. The highest BCUT2D eigenvalue weighted by Crippen LogP contribution is 2.31. The van der Waals surface area contributed by atoms with Crippen LogP contribution in [-0.2, 0) is 14.8 Å². The zero-order valence-electron chi connectivity index (χ0n) is 11.9. The quantitative estimate of drug-likeness (QED) is 0.857. The number of carboxylic acids is 1. The van der Waals surface area contributed by atoms with Crippen LogP contribution in [0.5, 0.6) is 0 Å². The highest BCUT2D eigenvalue weighted by atomic mass is 79.9. The fourth-order valence-corrected chi connectivity index (χ4v) is 5.10. The predicted octanol–water partition coefficient (Wildman–Crippen LogP) is 2.19. The Hall–Kier alpha value is -1.43. The Morgan fingerprint density at radius 1 is 1.50 bits per heavy atom. The van der Waals surface area contributed by atoms with E-state index in [0.29, 0.717) is 17.3 Å². The first-order valence-corrected chi connectivity index (χ1v) is 8.96. The van der Waals surface area contributed by atoms with Crippen molar-refractivity contribution in [1.29, 1.82) is 5.26 Å². The summed E-state index contributed by atoms with van der Waals surface area (Å²) in [5, 5.41) is 18.4. The second kappa shape index (κ2) is 6.36. The SMILES string of the molecule is C[C@@H]1[C@H](C(=O)O)CCCN1S(=O)(=O)c1cc(Br)ccc1C#N. The molecule has 1 heterocycles. The van der Waals surface area contributed by atoms with Gasteiger partial charge in [0.25, 0.3) is 0 Å². The summed E-state index contributed by atoms with van der Waals surface area (Å²) >= 11 is 3.21. The molecule has 0 saturated carbocycles. The molecule has 0 spiro atoms. The van der Waals surface area contributed by atoms with Crippen LogP contribution in [0.25, 0.3) is 0 Å². The normalized spacial score (nSPS) is 23.0. The van der Waals surface area contributed by atoms with Gasteiger partial charge in [0, 0.05) is 17.1 Å². The lowest BCUT2D eigenvalue weighted by molar-refractivity contribution is -0.144. The molecule has 0 aliphatic carbocycles. The van der Waals surface area contributed by atoms with Crippen molar-refractivity contribution in [3.05, 3.63) is 28.2 Å². The summed E-state index contributed by atoms with van der Waals surface area (Å²) in [5.74, 6) is -1.73. The Balaban J connectivity index is 2.49. The van der Waals surface area contributed by atoms with E-state index in [4.69, 9.17) is 5.26 Å². The highest BCUT2D eigenvalue weighted by molar-refractivity contribution is 9.10. The number of hydrogen-bond donors (Lipinski definition) is 1. The molecule has 1 aromatic rings. The maximum atomic E-state index is 12.9. The van der Waals surface area contributed by atoms with Crippen LogP contribution in [0.2, 0.25) is 0 Å². The number of nitrogens with zero attached hydrogens (tertiary/aromatic N) is 2. The number of piperidine rings is 1. The molecule has 1 aliphatic heterocycles. The minimum absolute atomic E-state index is 0.0489. The molecule has 1 N–H and O–H groups in total. The summed E-state index contributed by atoms with van der Waals surface area (Å²) in [7, 11) is -3.93. The van der Waals surface area contributed by atoms with Gasteiger partial charge in [0.2, 0.25) is 10.0 Å². The first-order chi connectivity index (χ1) is 10.3. The van der Waals surface area contributed by atoms with Gasteiger partial charge in [0.1, 0.15) is 11.0 Å².